The molecule has 0 unspecified atom stereocenters. The molecule has 0 radical (unpaired) electrons. The van der Waals surface area contributed by atoms with Crippen LogP contribution in [0.25, 0.3) is 5.57 Å². The topological polar surface area (TPSA) is 67.7 Å². The van der Waals surface area contributed by atoms with E-state index in [1.54, 1.807) is 6.33 Å². The normalized spacial score (nSPS) is 30.9. The van der Waals surface area contributed by atoms with Crippen molar-refractivity contribution in [3.63, 3.8) is 0 Å². The maximum absolute atomic E-state index is 9.95. The molecule has 2 heterocycles. The Morgan fingerprint density at radius 2 is 1.97 bits per heavy atom. The summed E-state index contributed by atoms with van der Waals surface area (Å²) in [7, 11) is 0. The Bertz CT molecular complexity index is 765. The van der Waals surface area contributed by atoms with Crippen LogP contribution in [-0.2, 0) is 11.2 Å². The Morgan fingerprint density at radius 3 is 2.72 bits per heavy atom. The summed E-state index contributed by atoms with van der Waals surface area (Å²) < 4.78 is 12.0. The summed E-state index contributed by atoms with van der Waals surface area (Å²) in [5.74, 6) is 1.20. The van der Waals surface area contributed by atoms with Crippen LogP contribution in [0.2, 0.25) is 0 Å². The quantitative estimate of drug-likeness (QED) is 0.821. The van der Waals surface area contributed by atoms with E-state index < -0.39 is 0 Å². The van der Waals surface area contributed by atoms with Crippen LogP contribution in [-0.4, -0.2) is 64.5 Å². The van der Waals surface area contributed by atoms with Crippen molar-refractivity contribution in [3.05, 3.63) is 23.2 Å². The first-order valence-corrected chi connectivity index (χ1v) is 11.4. The van der Waals surface area contributed by atoms with Crippen molar-refractivity contribution in [2.45, 2.75) is 76.5 Å². The summed E-state index contributed by atoms with van der Waals surface area (Å²) in [4.78, 5) is 11.7. The third kappa shape index (κ3) is 3.94. The van der Waals surface area contributed by atoms with Crippen molar-refractivity contribution >= 4 is 5.57 Å². The molecule has 1 aromatic heterocycles. The number of hydrogen-bond donors (Lipinski definition) is 1. The number of nitrogens with zero attached hydrogens (tertiary/aromatic N) is 3. The van der Waals surface area contributed by atoms with Gasteiger partial charge in [-0.15, -0.1) is 0 Å². The smallest absolute Gasteiger partial charge is 0.224 e. The van der Waals surface area contributed by atoms with E-state index in [9.17, 15) is 5.11 Å². The van der Waals surface area contributed by atoms with Gasteiger partial charge in [0.15, 0.2) is 0 Å². The lowest BCUT2D eigenvalue weighted by atomic mass is 9.90. The largest absolute Gasteiger partial charge is 0.474 e. The molecule has 0 spiro atoms. The molecule has 6 heteroatoms. The number of rotatable bonds is 5. The van der Waals surface area contributed by atoms with Crippen LogP contribution in [0.3, 0.4) is 0 Å². The van der Waals surface area contributed by atoms with Gasteiger partial charge in [-0.05, 0) is 63.4 Å². The van der Waals surface area contributed by atoms with E-state index in [4.69, 9.17) is 9.47 Å². The van der Waals surface area contributed by atoms with Crippen molar-refractivity contribution in [2.24, 2.45) is 5.92 Å². The molecule has 4 aliphatic rings. The van der Waals surface area contributed by atoms with E-state index in [-0.39, 0.29) is 12.2 Å². The minimum absolute atomic E-state index is 0.243. The third-order valence-electron chi connectivity index (χ3n) is 7.23. The molecule has 6 nitrogen and oxygen atoms in total. The predicted octanol–water partition coefficient (Wildman–Crippen LogP) is 2.99. The number of aromatic nitrogens is 2. The van der Waals surface area contributed by atoms with Crippen LogP contribution in [0, 0.1) is 5.92 Å². The molecule has 2 fully saturated rings. The second-order valence-corrected chi connectivity index (χ2v) is 9.21. The summed E-state index contributed by atoms with van der Waals surface area (Å²) in [6.07, 6.45) is 10.2. The molecule has 158 valence electrons. The monoisotopic (exact) mass is 399 g/mol. The summed E-state index contributed by atoms with van der Waals surface area (Å²) in [6, 6.07) is 0.675. The molecule has 29 heavy (non-hydrogen) atoms. The van der Waals surface area contributed by atoms with Crippen LogP contribution in [0.4, 0.5) is 0 Å². The number of ether oxygens (including phenoxy) is 2. The van der Waals surface area contributed by atoms with E-state index >= 15 is 0 Å². The van der Waals surface area contributed by atoms with Crippen LogP contribution >= 0.6 is 0 Å². The molecule has 5 rings (SSSR count). The number of aliphatic hydroxyl groups is 1. The molecule has 1 aromatic rings. The number of morpholine rings is 1. The highest BCUT2D eigenvalue weighted by atomic mass is 16.5. The molecule has 2 atom stereocenters. The molecule has 0 aromatic carbocycles. The lowest BCUT2D eigenvalue weighted by Gasteiger charge is -2.38. The van der Waals surface area contributed by atoms with E-state index in [1.807, 2.05) is 6.92 Å². The van der Waals surface area contributed by atoms with Gasteiger partial charge in [-0.3, -0.25) is 4.90 Å². The average Bonchev–Trinajstić information content (AvgIpc) is 3.29. The SMILES string of the molecule is C[C@@H](O)C[C@H]1CCC2=C1c1c(ncnc1OC1CCC(N3CCOCC3)CC1)C2. The molecule has 0 amide bonds. The first-order valence-electron chi connectivity index (χ1n) is 11.4. The fourth-order valence-corrected chi connectivity index (χ4v) is 5.86. The zero-order valence-electron chi connectivity index (χ0n) is 17.5. The second kappa shape index (κ2) is 8.32. The Morgan fingerprint density at radius 1 is 1.17 bits per heavy atom. The van der Waals surface area contributed by atoms with E-state index in [1.165, 1.54) is 24.0 Å². The first kappa shape index (κ1) is 19.5. The Kier molecular flexibility index (Phi) is 5.59. The van der Waals surface area contributed by atoms with Crippen molar-refractivity contribution < 1.29 is 14.6 Å². The van der Waals surface area contributed by atoms with Crippen molar-refractivity contribution in [1.29, 1.82) is 0 Å². The Hall–Kier alpha value is -1.50. The van der Waals surface area contributed by atoms with Gasteiger partial charge in [0.1, 0.15) is 12.4 Å². The standard InChI is InChI=1S/C23H33N3O3/c1-15(27)12-16-2-3-17-13-20-22(21(16)17)23(25-14-24-20)29-19-6-4-18(5-7-19)26-8-10-28-11-9-26/h14-16,18-19,27H,2-13H2,1H3/t15-,16-,18?,19?/m1/s1. The number of aliphatic hydroxyl groups excluding tert-OH is 1. The van der Waals surface area contributed by atoms with Crippen LogP contribution in [0.5, 0.6) is 5.88 Å². The van der Waals surface area contributed by atoms with Crippen molar-refractivity contribution in [3.8, 4) is 5.88 Å². The Labute approximate surface area is 173 Å². The van der Waals surface area contributed by atoms with Gasteiger partial charge in [0.05, 0.1) is 30.6 Å². The van der Waals surface area contributed by atoms with Gasteiger partial charge in [-0.25, -0.2) is 9.97 Å². The number of allylic oxidation sites excluding steroid dienone is 2. The van der Waals surface area contributed by atoms with Crippen LogP contribution < -0.4 is 4.74 Å². The van der Waals surface area contributed by atoms with Crippen LogP contribution in [0.1, 0.15) is 63.1 Å². The van der Waals surface area contributed by atoms with Gasteiger partial charge in [0.2, 0.25) is 5.88 Å². The van der Waals surface area contributed by atoms with Gasteiger partial charge < -0.3 is 14.6 Å². The van der Waals surface area contributed by atoms with E-state index in [0.29, 0.717) is 12.0 Å². The van der Waals surface area contributed by atoms with Crippen LogP contribution in [0.15, 0.2) is 11.9 Å². The summed E-state index contributed by atoms with van der Waals surface area (Å²) in [5.41, 5.74) is 5.16. The number of fused-ring (bicyclic) bond motifs is 2. The number of hydrogen-bond acceptors (Lipinski definition) is 6. The minimum atomic E-state index is -0.277. The predicted molar refractivity (Wildman–Crippen MR) is 111 cm³/mol. The zero-order valence-corrected chi connectivity index (χ0v) is 17.5. The third-order valence-corrected chi connectivity index (χ3v) is 7.23. The van der Waals surface area contributed by atoms with Gasteiger partial charge >= 0.3 is 0 Å². The molecule has 1 saturated heterocycles. The van der Waals surface area contributed by atoms with Gasteiger partial charge in [-0.2, -0.15) is 0 Å². The molecule has 0 bridgehead atoms. The molecule has 1 aliphatic heterocycles. The fourth-order valence-electron chi connectivity index (χ4n) is 5.86. The molecule has 1 saturated carbocycles. The zero-order chi connectivity index (χ0) is 19.8. The van der Waals surface area contributed by atoms with Crippen molar-refractivity contribution in [2.75, 3.05) is 26.3 Å². The highest BCUT2D eigenvalue weighted by molar-refractivity contribution is 5.81. The molecule has 1 N–H and O–H groups in total. The van der Waals surface area contributed by atoms with Gasteiger partial charge in [0, 0.05) is 25.6 Å². The average molecular weight is 400 g/mol. The maximum Gasteiger partial charge on any atom is 0.224 e. The Balaban J connectivity index is 1.27. The van der Waals surface area contributed by atoms with E-state index in [0.717, 1.165) is 82.0 Å². The van der Waals surface area contributed by atoms with E-state index in [2.05, 4.69) is 14.9 Å². The lowest BCUT2D eigenvalue weighted by Crippen LogP contribution is -2.46. The summed E-state index contributed by atoms with van der Waals surface area (Å²) >= 11 is 0. The highest BCUT2D eigenvalue weighted by Gasteiger charge is 2.37. The minimum Gasteiger partial charge on any atom is -0.474 e. The lowest BCUT2D eigenvalue weighted by molar-refractivity contribution is -0.00143. The second-order valence-electron chi connectivity index (χ2n) is 9.21. The van der Waals surface area contributed by atoms with Crippen molar-refractivity contribution in [1.82, 2.24) is 14.9 Å². The first-order chi connectivity index (χ1) is 14.2. The fraction of sp³-hybridized carbons (Fsp3) is 0.739. The highest BCUT2D eigenvalue weighted by Crippen LogP contribution is 2.50. The molecule has 3 aliphatic carbocycles. The molecular formula is C23H33N3O3. The summed E-state index contributed by atoms with van der Waals surface area (Å²) in [6.45, 7) is 5.76. The summed E-state index contributed by atoms with van der Waals surface area (Å²) in [5, 5.41) is 9.95. The van der Waals surface area contributed by atoms with Gasteiger partial charge in [0.25, 0.3) is 0 Å². The molecular weight excluding hydrogens is 366 g/mol. The van der Waals surface area contributed by atoms with Gasteiger partial charge in [-0.1, -0.05) is 5.57 Å². The maximum atomic E-state index is 9.95.